The van der Waals surface area contributed by atoms with Gasteiger partial charge in [-0.15, -0.1) is 0 Å². The van der Waals surface area contributed by atoms with Gasteiger partial charge < -0.3 is 14.2 Å². The van der Waals surface area contributed by atoms with Gasteiger partial charge in [0.1, 0.15) is 6.10 Å². The molecule has 0 aromatic heterocycles. The molecule has 0 spiro atoms. The molecule has 0 unspecified atom stereocenters. The van der Waals surface area contributed by atoms with Crippen LogP contribution in [0.3, 0.4) is 0 Å². The Morgan fingerprint density at radius 1 is 1.28 bits per heavy atom. The topological polar surface area (TPSA) is 44.8 Å². The van der Waals surface area contributed by atoms with E-state index in [1.54, 1.807) is 20.8 Å². The van der Waals surface area contributed by atoms with Crippen LogP contribution in [0, 0.1) is 0 Å². The van der Waals surface area contributed by atoms with Gasteiger partial charge in [0.05, 0.1) is 6.61 Å². The summed E-state index contributed by atoms with van der Waals surface area (Å²) in [4.78, 5) is 11.9. The first-order valence-corrected chi connectivity index (χ1v) is 6.11. The van der Waals surface area contributed by atoms with Crippen LogP contribution in [0.25, 0.3) is 0 Å². The smallest absolute Gasteiger partial charge is 0.338 e. The maximum Gasteiger partial charge on any atom is 0.338 e. The molecule has 1 aliphatic heterocycles. The average Bonchev–Trinajstić information content (AvgIpc) is 2.67. The molecular weight excluding hydrogens is 232 g/mol. The van der Waals surface area contributed by atoms with Gasteiger partial charge in [-0.3, -0.25) is 0 Å². The number of ether oxygens (including phenoxy) is 3. The fraction of sp³-hybridized carbons (Fsp3) is 0.500. The van der Waals surface area contributed by atoms with E-state index < -0.39 is 18.0 Å². The molecule has 1 aliphatic rings. The summed E-state index contributed by atoms with van der Waals surface area (Å²) in [5.74, 6) is -1.16. The van der Waals surface area contributed by atoms with Crippen LogP contribution in [0.1, 0.15) is 32.4 Å². The van der Waals surface area contributed by atoms with Crippen molar-refractivity contribution < 1.29 is 19.0 Å². The molecule has 0 radical (unpaired) electrons. The minimum Gasteiger partial charge on any atom is -0.464 e. The second kappa shape index (κ2) is 5.08. The summed E-state index contributed by atoms with van der Waals surface area (Å²) < 4.78 is 16.5. The maximum absolute atomic E-state index is 11.9. The number of rotatable bonds is 3. The van der Waals surface area contributed by atoms with Crippen molar-refractivity contribution in [3.8, 4) is 0 Å². The highest BCUT2D eigenvalue weighted by Gasteiger charge is 2.46. The van der Waals surface area contributed by atoms with E-state index in [-0.39, 0.29) is 5.97 Å². The van der Waals surface area contributed by atoms with Crippen molar-refractivity contribution in [3.63, 3.8) is 0 Å². The van der Waals surface area contributed by atoms with Crippen molar-refractivity contribution >= 4 is 5.97 Å². The summed E-state index contributed by atoms with van der Waals surface area (Å²) in [5, 5.41) is 0. The van der Waals surface area contributed by atoms with Gasteiger partial charge in [0.15, 0.2) is 11.9 Å². The summed E-state index contributed by atoms with van der Waals surface area (Å²) in [7, 11) is 0. The summed E-state index contributed by atoms with van der Waals surface area (Å²) in [6, 6.07) is 9.57. The van der Waals surface area contributed by atoms with Gasteiger partial charge in [-0.05, 0) is 26.3 Å². The van der Waals surface area contributed by atoms with E-state index in [0.717, 1.165) is 5.56 Å². The highest BCUT2D eigenvalue weighted by atomic mass is 16.8. The molecule has 1 fully saturated rings. The zero-order valence-electron chi connectivity index (χ0n) is 10.9. The molecule has 1 aromatic rings. The molecule has 1 aromatic carbocycles. The molecule has 0 aliphatic carbocycles. The molecule has 1 heterocycles. The number of carbonyl (C=O) groups excluding carboxylic acids is 1. The van der Waals surface area contributed by atoms with E-state index in [1.807, 2.05) is 30.3 Å². The second-order valence-corrected chi connectivity index (χ2v) is 4.64. The normalized spacial score (nSPS) is 25.9. The number of esters is 1. The van der Waals surface area contributed by atoms with Crippen LogP contribution < -0.4 is 0 Å². The third-order valence-corrected chi connectivity index (χ3v) is 2.74. The minimum absolute atomic E-state index is 0.334. The number of hydrogen-bond donors (Lipinski definition) is 0. The third kappa shape index (κ3) is 2.71. The highest BCUT2D eigenvalue weighted by Crippen LogP contribution is 2.38. The number of hydrogen-bond acceptors (Lipinski definition) is 4. The summed E-state index contributed by atoms with van der Waals surface area (Å²) in [6.07, 6.45) is -1.12. The van der Waals surface area contributed by atoms with E-state index in [4.69, 9.17) is 14.2 Å². The van der Waals surface area contributed by atoms with Gasteiger partial charge >= 0.3 is 5.97 Å². The van der Waals surface area contributed by atoms with Crippen LogP contribution in [-0.4, -0.2) is 24.5 Å². The van der Waals surface area contributed by atoms with Gasteiger partial charge in [-0.2, -0.15) is 0 Å². The lowest BCUT2D eigenvalue weighted by Crippen LogP contribution is -2.29. The Balaban J connectivity index is 2.23. The van der Waals surface area contributed by atoms with E-state index in [9.17, 15) is 4.79 Å². The lowest BCUT2D eigenvalue weighted by atomic mass is 10.0. The molecule has 0 bridgehead atoms. The molecule has 1 saturated heterocycles. The Morgan fingerprint density at radius 2 is 1.94 bits per heavy atom. The third-order valence-electron chi connectivity index (χ3n) is 2.74. The van der Waals surface area contributed by atoms with Gasteiger partial charge in [-0.1, -0.05) is 30.3 Å². The van der Waals surface area contributed by atoms with Crippen molar-refractivity contribution in [2.75, 3.05) is 6.61 Å². The van der Waals surface area contributed by atoms with E-state index in [1.165, 1.54) is 0 Å². The van der Waals surface area contributed by atoms with Gasteiger partial charge in [-0.25, -0.2) is 4.79 Å². The number of benzene rings is 1. The predicted octanol–water partition coefficient (Wildman–Crippen LogP) is 2.44. The Morgan fingerprint density at radius 3 is 2.56 bits per heavy atom. The molecule has 4 heteroatoms. The molecule has 98 valence electrons. The Labute approximate surface area is 107 Å². The highest BCUT2D eigenvalue weighted by molar-refractivity contribution is 5.76. The molecule has 0 saturated carbocycles. The number of carbonyl (C=O) groups is 1. The van der Waals surface area contributed by atoms with Crippen LogP contribution in [0.4, 0.5) is 0 Å². The van der Waals surface area contributed by atoms with Crippen molar-refractivity contribution in [1.29, 1.82) is 0 Å². The van der Waals surface area contributed by atoms with Gasteiger partial charge in [0.25, 0.3) is 0 Å². The molecule has 18 heavy (non-hydrogen) atoms. The van der Waals surface area contributed by atoms with Crippen molar-refractivity contribution in [3.05, 3.63) is 35.9 Å². The van der Waals surface area contributed by atoms with Crippen molar-refractivity contribution in [1.82, 2.24) is 0 Å². The van der Waals surface area contributed by atoms with E-state index in [0.29, 0.717) is 6.61 Å². The van der Waals surface area contributed by atoms with Crippen molar-refractivity contribution in [2.45, 2.75) is 38.8 Å². The summed E-state index contributed by atoms with van der Waals surface area (Å²) >= 11 is 0. The Kier molecular flexibility index (Phi) is 3.68. The van der Waals surface area contributed by atoms with Gasteiger partial charge in [0.2, 0.25) is 0 Å². The van der Waals surface area contributed by atoms with E-state index >= 15 is 0 Å². The average molecular weight is 250 g/mol. The first-order chi connectivity index (χ1) is 8.53. The molecule has 4 nitrogen and oxygen atoms in total. The van der Waals surface area contributed by atoms with Gasteiger partial charge in [0, 0.05) is 0 Å². The first kappa shape index (κ1) is 13.1. The Hall–Kier alpha value is -1.39. The molecule has 2 rings (SSSR count). The van der Waals surface area contributed by atoms with Crippen molar-refractivity contribution in [2.24, 2.45) is 0 Å². The zero-order chi connectivity index (χ0) is 13.2. The zero-order valence-corrected chi connectivity index (χ0v) is 10.9. The standard InChI is InChI=1S/C14H18O4/c1-4-16-13(15)12-11(17-14(2,3)18-12)10-8-6-5-7-9-10/h5-9,11-12H,4H2,1-3H3/t11-,12-/m1/s1. The first-order valence-electron chi connectivity index (χ1n) is 6.11. The van der Waals surface area contributed by atoms with E-state index in [2.05, 4.69) is 0 Å². The molecule has 2 atom stereocenters. The molecule has 0 N–H and O–H groups in total. The maximum atomic E-state index is 11.9. The fourth-order valence-electron chi connectivity index (χ4n) is 2.04. The van der Waals surface area contributed by atoms with Crippen LogP contribution in [-0.2, 0) is 19.0 Å². The lowest BCUT2D eigenvalue weighted by Gasteiger charge is -2.16. The SMILES string of the molecule is CCOC(=O)[C@@H]1OC(C)(C)O[C@@H]1c1ccccc1. The van der Waals surface area contributed by atoms with Crippen LogP contribution in [0.2, 0.25) is 0 Å². The predicted molar refractivity (Wildman–Crippen MR) is 65.9 cm³/mol. The lowest BCUT2D eigenvalue weighted by molar-refractivity contribution is -0.170. The monoisotopic (exact) mass is 250 g/mol. The molecular formula is C14H18O4. The van der Waals surface area contributed by atoms with Crippen LogP contribution >= 0.6 is 0 Å². The minimum atomic E-state index is -0.780. The summed E-state index contributed by atoms with van der Waals surface area (Å²) in [5.41, 5.74) is 0.918. The second-order valence-electron chi connectivity index (χ2n) is 4.64. The largest absolute Gasteiger partial charge is 0.464 e. The fourth-order valence-corrected chi connectivity index (χ4v) is 2.04. The van der Waals surface area contributed by atoms with Crippen LogP contribution in [0.15, 0.2) is 30.3 Å². The molecule has 0 amide bonds. The Bertz CT molecular complexity index is 413. The quantitative estimate of drug-likeness (QED) is 0.773. The van der Waals surface area contributed by atoms with Crippen LogP contribution in [0.5, 0.6) is 0 Å². The summed E-state index contributed by atoms with van der Waals surface area (Å²) in [6.45, 7) is 5.70.